The molecule has 0 rings (SSSR count). The second-order valence-corrected chi connectivity index (χ2v) is 15.6. The lowest BCUT2D eigenvalue weighted by atomic mass is 10.0. The van der Waals surface area contributed by atoms with Gasteiger partial charge in [0.25, 0.3) is 0 Å². The fourth-order valence-electron chi connectivity index (χ4n) is 5.73. The summed E-state index contributed by atoms with van der Waals surface area (Å²) in [5.41, 5.74) is 5.32. The van der Waals surface area contributed by atoms with Gasteiger partial charge in [-0.15, -0.1) is 0 Å². The molecule has 306 valence electrons. The van der Waals surface area contributed by atoms with E-state index in [1.807, 2.05) is 6.08 Å². The average molecular weight is 762 g/mol. The Balaban J connectivity index is 4.42. The van der Waals surface area contributed by atoms with Gasteiger partial charge >= 0.3 is 25.7 Å². The van der Waals surface area contributed by atoms with Gasteiger partial charge in [0, 0.05) is 12.8 Å². The highest BCUT2D eigenvalue weighted by atomic mass is 31.2. The molecule has 0 saturated heterocycles. The molecule has 0 heterocycles. The van der Waals surface area contributed by atoms with Crippen LogP contribution in [0, 0.1) is 0 Å². The summed E-state index contributed by atoms with van der Waals surface area (Å²) in [6.45, 7) is 2.77. The van der Waals surface area contributed by atoms with E-state index in [1.165, 1.54) is 122 Å². The van der Waals surface area contributed by atoms with Crippen molar-refractivity contribution in [3.8, 4) is 0 Å². The Bertz CT molecular complexity index is 947. The molecule has 0 amide bonds. The quantitative estimate of drug-likeness (QED) is 0.0235. The Kier molecular flexibility index (Phi) is 35.0. The minimum atomic E-state index is -4.71. The Hall–Kier alpha value is -1.78. The highest BCUT2D eigenvalue weighted by Crippen LogP contribution is 2.43. The number of carboxylic acids is 1. The number of phosphoric acid groups is 1. The number of rotatable bonds is 39. The van der Waals surface area contributed by atoms with E-state index in [4.69, 9.17) is 24.8 Å². The maximum Gasteiger partial charge on any atom is 0.472 e. The van der Waals surface area contributed by atoms with Crippen molar-refractivity contribution >= 4 is 25.7 Å². The number of unbranched alkanes of at least 4 members (excludes halogenated alkanes) is 23. The third-order valence-corrected chi connectivity index (χ3v) is 9.98. The Morgan fingerprint density at radius 3 is 1.48 bits per heavy atom. The summed E-state index contributed by atoms with van der Waals surface area (Å²) >= 11 is 0. The molecule has 0 saturated carbocycles. The van der Waals surface area contributed by atoms with Crippen LogP contribution in [-0.4, -0.2) is 59.9 Å². The first kappa shape index (κ1) is 50.2. The van der Waals surface area contributed by atoms with Gasteiger partial charge in [0.15, 0.2) is 6.10 Å². The van der Waals surface area contributed by atoms with Crippen LogP contribution in [0.4, 0.5) is 0 Å². The van der Waals surface area contributed by atoms with Crippen molar-refractivity contribution in [1.82, 2.24) is 0 Å². The number of carboxylic acid groups (broad SMARTS) is 1. The van der Waals surface area contributed by atoms with Gasteiger partial charge in [-0.05, 0) is 25.7 Å². The monoisotopic (exact) mass is 762 g/mol. The second-order valence-electron chi connectivity index (χ2n) is 14.1. The summed E-state index contributed by atoms with van der Waals surface area (Å²) in [6, 6.07) is -1.52. The van der Waals surface area contributed by atoms with Crippen LogP contribution in [0.3, 0.4) is 0 Å². The van der Waals surface area contributed by atoms with E-state index < -0.39 is 51.1 Å². The minimum absolute atomic E-state index is 0.0823. The summed E-state index contributed by atoms with van der Waals surface area (Å²) in [4.78, 5) is 45.8. The van der Waals surface area contributed by atoms with Crippen molar-refractivity contribution in [2.45, 2.75) is 206 Å². The summed E-state index contributed by atoms with van der Waals surface area (Å²) < 4.78 is 32.6. The summed E-state index contributed by atoms with van der Waals surface area (Å²) in [7, 11) is -4.71. The molecule has 0 aromatic rings. The van der Waals surface area contributed by atoms with E-state index in [2.05, 4.69) is 24.4 Å². The van der Waals surface area contributed by atoms with Crippen molar-refractivity contribution < 1.29 is 47.5 Å². The predicted octanol–water partition coefficient (Wildman–Crippen LogP) is 10.5. The van der Waals surface area contributed by atoms with Gasteiger partial charge < -0.3 is 25.2 Å². The number of hydrogen-bond acceptors (Lipinski definition) is 9. The normalized spacial score (nSPS) is 13.9. The Morgan fingerprint density at radius 1 is 0.577 bits per heavy atom. The maximum absolute atomic E-state index is 12.6. The van der Waals surface area contributed by atoms with Crippen LogP contribution >= 0.6 is 7.82 Å². The molecule has 52 heavy (non-hydrogen) atoms. The standard InChI is InChI=1S/C40H76NO10P/c1-3-5-7-9-11-13-15-17-18-20-22-24-26-28-30-32-39(43)51-36(34-49-52(46,47)50-35-37(41)40(44)45)33-48-38(42)31-29-27-25-23-21-19-16-14-12-10-8-6-4-2/h26,28,36-37H,3-25,27,29-35,41H2,1-2H3,(H,44,45)(H,46,47)/b28-26+/t36-,37+/m1/s1. The first-order chi connectivity index (χ1) is 25.1. The molecule has 0 aliphatic heterocycles. The van der Waals surface area contributed by atoms with Crippen LogP contribution in [0.15, 0.2) is 12.2 Å². The molecule has 4 N–H and O–H groups in total. The number of carbonyl (C=O) groups excluding carboxylic acids is 2. The van der Waals surface area contributed by atoms with E-state index in [-0.39, 0.29) is 19.4 Å². The molecular formula is C40H76NO10P. The highest BCUT2D eigenvalue weighted by Gasteiger charge is 2.28. The molecule has 0 aliphatic rings. The predicted molar refractivity (Wildman–Crippen MR) is 208 cm³/mol. The molecule has 0 aliphatic carbocycles. The fourth-order valence-corrected chi connectivity index (χ4v) is 6.51. The van der Waals surface area contributed by atoms with Crippen molar-refractivity contribution in [3.63, 3.8) is 0 Å². The number of hydrogen-bond donors (Lipinski definition) is 3. The van der Waals surface area contributed by atoms with E-state index in [1.54, 1.807) is 0 Å². The van der Waals surface area contributed by atoms with E-state index in [9.17, 15) is 23.8 Å². The van der Waals surface area contributed by atoms with Crippen LogP contribution in [0.25, 0.3) is 0 Å². The number of allylic oxidation sites excluding steroid dienone is 2. The zero-order valence-corrected chi connectivity index (χ0v) is 33.8. The van der Waals surface area contributed by atoms with Gasteiger partial charge in [0.2, 0.25) is 0 Å². The first-order valence-electron chi connectivity index (χ1n) is 20.7. The number of ether oxygens (including phenoxy) is 2. The van der Waals surface area contributed by atoms with Crippen molar-refractivity contribution in [1.29, 1.82) is 0 Å². The number of esters is 2. The molecule has 12 heteroatoms. The van der Waals surface area contributed by atoms with Crippen LogP contribution in [0.2, 0.25) is 0 Å². The van der Waals surface area contributed by atoms with Gasteiger partial charge in [0.05, 0.1) is 13.2 Å². The van der Waals surface area contributed by atoms with Crippen LogP contribution in [-0.2, 0) is 37.5 Å². The smallest absolute Gasteiger partial charge is 0.472 e. The van der Waals surface area contributed by atoms with Crippen molar-refractivity contribution in [2.75, 3.05) is 19.8 Å². The summed E-state index contributed by atoms with van der Waals surface area (Å²) in [5.74, 6) is -2.43. The summed E-state index contributed by atoms with van der Waals surface area (Å²) in [6.07, 6.45) is 34.3. The average Bonchev–Trinajstić information content (AvgIpc) is 3.12. The molecule has 1 unspecified atom stereocenters. The van der Waals surface area contributed by atoms with E-state index in [0.29, 0.717) is 12.8 Å². The number of aliphatic carboxylic acids is 1. The lowest BCUT2D eigenvalue weighted by Gasteiger charge is -2.20. The maximum atomic E-state index is 12.6. The van der Waals surface area contributed by atoms with Gasteiger partial charge in [0.1, 0.15) is 12.6 Å². The van der Waals surface area contributed by atoms with Gasteiger partial charge in [-0.3, -0.25) is 23.4 Å². The fraction of sp³-hybridized carbons (Fsp3) is 0.875. The topological polar surface area (TPSA) is 172 Å². The number of phosphoric ester groups is 1. The lowest BCUT2D eigenvalue weighted by molar-refractivity contribution is -0.161. The molecule has 0 aromatic heterocycles. The molecular weight excluding hydrogens is 685 g/mol. The minimum Gasteiger partial charge on any atom is -0.480 e. The zero-order chi connectivity index (χ0) is 38.5. The van der Waals surface area contributed by atoms with Crippen LogP contribution in [0.1, 0.15) is 194 Å². The molecule has 11 nitrogen and oxygen atoms in total. The lowest BCUT2D eigenvalue weighted by Crippen LogP contribution is -2.34. The van der Waals surface area contributed by atoms with Gasteiger partial charge in [-0.1, -0.05) is 167 Å². The second kappa shape index (κ2) is 36.2. The first-order valence-corrected chi connectivity index (χ1v) is 22.2. The van der Waals surface area contributed by atoms with E-state index in [0.717, 1.165) is 32.1 Å². The van der Waals surface area contributed by atoms with Gasteiger partial charge in [-0.25, -0.2) is 4.57 Å². The molecule has 0 aromatic carbocycles. The Labute approximate surface area is 316 Å². The molecule has 3 atom stereocenters. The molecule has 0 spiro atoms. The molecule has 0 fully saturated rings. The third kappa shape index (κ3) is 35.3. The highest BCUT2D eigenvalue weighted by molar-refractivity contribution is 7.47. The van der Waals surface area contributed by atoms with E-state index >= 15 is 0 Å². The molecule has 0 bridgehead atoms. The Morgan fingerprint density at radius 2 is 1.00 bits per heavy atom. The summed E-state index contributed by atoms with van der Waals surface area (Å²) in [5, 5.41) is 8.87. The van der Waals surface area contributed by atoms with Crippen LogP contribution < -0.4 is 5.73 Å². The van der Waals surface area contributed by atoms with Crippen molar-refractivity contribution in [3.05, 3.63) is 12.2 Å². The third-order valence-electron chi connectivity index (χ3n) is 9.03. The number of nitrogens with two attached hydrogens (primary N) is 1. The van der Waals surface area contributed by atoms with Gasteiger partial charge in [-0.2, -0.15) is 0 Å². The SMILES string of the molecule is CCCCCCCCCCCCC/C=C/CCC(=O)O[C@H](COC(=O)CCCCCCCCCCCCCCC)COP(=O)(O)OC[C@H](N)C(=O)O. The molecule has 0 radical (unpaired) electrons. The van der Waals surface area contributed by atoms with Crippen molar-refractivity contribution in [2.24, 2.45) is 5.73 Å². The number of carbonyl (C=O) groups is 3. The zero-order valence-electron chi connectivity index (χ0n) is 32.9. The largest absolute Gasteiger partial charge is 0.480 e. The van der Waals surface area contributed by atoms with Crippen LogP contribution in [0.5, 0.6) is 0 Å².